The van der Waals surface area contributed by atoms with Gasteiger partial charge in [0, 0.05) is 16.8 Å². The van der Waals surface area contributed by atoms with Gasteiger partial charge in [-0.15, -0.1) is 0 Å². The Balaban J connectivity index is 1.40. The van der Waals surface area contributed by atoms with Crippen molar-refractivity contribution in [3.05, 3.63) is 77.9 Å². The van der Waals surface area contributed by atoms with Gasteiger partial charge in [-0.1, -0.05) is 19.1 Å². The van der Waals surface area contributed by atoms with Gasteiger partial charge in [0.2, 0.25) is 5.89 Å². The lowest BCUT2D eigenvalue weighted by atomic mass is 10.2. The number of ether oxygens (including phenoxy) is 1. The number of aryl methyl sites for hydroxylation is 1. The molecule has 0 fully saturated rings. The molecule has 33 heavy (non-hydrogen) atoms. The summed E-state index contributed by atoms with van der Waals surface area (Å²) >= 11 is 5.33. The van der Waals surface area contributed by atoms with E-state index in [0.29, 0.717) is 17.1 Å². The molecule has 168 valence electrons. The first-order valence-electron chi connectivity index (χ1n) is 10.8. The second-order valence-corrected chi connectivity index (χ2v) is 8.25. The number of hydrogen-bond acceptors (Lipinski definition) is 5. The molecule has 0 aliphatic carbocycles. The van der Waals surface area contributed by atoms with Crippen molar-refractivity contribution in [3.63, 3.8) is 0 Å². The molecule has 1 heterocycles. The summed E-state index contributed by atoms with van der Waals surface area (Å²) < 4.78 is 11.7. The van der Waals surface area contributed by atoms with Crippen molar-refractivity contribution in [2.45, 2.75) is 33.3 Å². The fraction of sp³-hybridized carbons (Fsp3) is 0.192. The van der Waals surface area contributed by atoms with E-state index in [9.17, 15) is 4.79 Å². The Labute approximate surface area is 198 Å². The lowest BCUT2D eigenvalue weighted by Crippen LogP contribution is -2.34. The van der Waals surface area contributed by atoms with Crippen LogP contribution in [0.1, 0.15) is 36.2 Å². The molecule has 0 radical (unpaired) electrons. The van der Waals surface area contributed by atoms with Gasteiger partial charge in [0.15, 0.2) is 10.7 Å². The van der Waals surface area contributed by atoms with Gasteiger partial charge in [-0.25, -0.2) is 4.98 Å². The van der Waals surface area contributed by atoms with Crippen LogP contribution in [0.15, 0.2) is 71.1 Å². The van der Waals surface area contributed by atoms with Crippen LogP contribution in [0.2, 0.25) is 0 Å². The summed E-state index contributed by atoms with van der Waals surface area (Å²) in [4.78, 5) is 17.1. The molecule has 6 nitrogen and oxygen atoms in total. The Morgan fingerprint density at radius 1 is 1.12 bits per heavy atom. The molecule has 2 N–H and O–H groups in total. The van der Waals surface area contributed by atoms with E-state index in [1.54, 1.807) is 24.3 Å². The minimum Gasteiger partial charge on any atom is -0.491 e. The molecule has 1 unspecified atom stereocenters. The molecular formula is C26H25N3O3S. The van der Waals surface area contributed by atoms with Crippen LogP contribution in [0, 0.1) is 6.92 Å². The second-order valence-electron chi connectivity index (χ2n) is 7.84. The molecular weight excluding hydrogens is 434 g/mol. The minimum absolute atomic E-state index is 0.121. The summed E-state index contributed by atoms with van der Waals surface area (Å²) in [5.41, 5.74) is 4.67. The Bertz CT molecular complexity index is 1300. The third-order valence-corrected chi connectivity index (χ3v) is 5.37. The number of anilines is 1. The molecule has 4 aromatic rings. The highest BCUT2D eigenvalue weighted by Gasteiger charge is 2.12. The summed E-state index contributed by atoms with van der Waals surface area (Å²) in [7, 11) is 0. The minimum atomic E-state index is -0.298. The average Bonchev–Trinajstić information content (AvgIpc) is 3.23. The number of aromatic nitrogens is 1. The first-order chi connectivity index (χ1) is 15.9. The number of nitrogens with one attached hydrogen (secondary N) is 2. The zero-order chi connectivity index (χ0) is 23.4. The monoisotopic (exact) mass is 459 g/mol. The summed E-state index contributed by atoms with van der Waals surface area (Å²) in [5.74, 6) is 0.953. The maximum atomic E-state index is 12.5. The topological polar surface area (TPSA) is 76.4 Å². The number of nitrogens with zero attached hydrogens (tertiary/aromatic N) is 1. The molecule has 3 aromatic carbocycles. The molecule has 0 saturated heterocycles. The van der Waals surface area contributed by atoms with E-state index < -0.39 is 0 Å². The number of oxazole rings is 1. The summed E-state index contributed by atoms with van der Waals surface area (Å²) in [6, 6.07) is 20.4. The quantitative estimate of drug-likeness (QED) is 0.339. The fourth-order valence-electron chi connectivity index (χ4n) is 3.22. The smallest absolute Gasteiger partial charge is 0.257 e. The van der Waals surface area contributed by atoms with Crippen LogP contribution in [0.5, 0.6) is 5.75 Å². The fourth-order valence-corrected chi connectivity index (χ4v) is 3.43. The predicted octanol–water partition coefficient (Wildman–Crippen LogP) is 6.11. The Morgan fingerprint density at radius 3 is 2.67 bits per heavy atom. The predicted molar refractivity (Wildman–Crippen MR) is 135 cm³/mol. The normalized spacial score (nSPS) is 11.7. The molecule has 0 saturated carbocycles. The number of hydrogen-bond donors (Lipinski definition) is 2. The molecule has 0 aliphatic heterocycles. The van der Waals surface area contributed by atoms with Crippen molar-refractivity contribution in [2.24, 2.45) is 0 Å². The van der Waals surface area contributed by atoms with Gasteiger partial charge in [0.25, 0.3) is 5.91 Å². The van der Waals surface area contributed by atoms with Gasteiger partial charge in [-0.05, 0) is 92.6 Å². The molecule has 0 aliphatic rings. The Hall–Kier alpha value is -3.71. The van der Waals surface area contributed by atoms with E-state index in [1.165, 1.54) is 0 Å². The molecule has 1 atom stereocenters. The second kappa shape index (κ2) is 9.83. The SMILES string of the molecule is CCC(C)Oc1ccc(C(=O)NC(=S)Nc2cccc(-c3nc4ccc(C)cc4o3)c2)cc1. The standard InChI is InChI=1S/C26H25N3O3S/c1-4-17(3)31-21-11-9-18(10-12-21)24(30)29-26(33)27-20-7-5-6-19(15-20)25-28-22-13-8-16(2)14-23(22)32-25/h5-15,17H,4H2,1-3H3,(H2,27,29,30,33). The van der Waals surface area contributed by atoms with Crippen LogP contribution in [-0.2, 0) is 0 Å². The van der Waals surface area contributed by atoms with E-state index in [4.69, 9.17) is 21.4 Å². The lowest BCUT2D eigenvalue weighted by molar-refractivity contribution is 0.0977. The Kier molecular flexibility index (Phi) is 6.70. The number of carbonyl (C=O) groups excluding carboxylic acids is 1. The first kappa shape index (κ1) is 22.5. The lowest BCUT2D eigenvalue weighted by Gasteiger charge is -2.13. The number of rotatable bonds is 6. The zero-order valence-corrected chi connectivity index (χ0v) is 19.5. The van der Waals surface area contributed by atoms with Crippen LogP contribution >= 0.6 is 12.2 Å². The molecule has 0 bridgehead atoms. The molecule has 7 heteroatoms. The first-order valence-corrected chi connectivity index (χ1v) is 11.2. The molecule has 0 spiro atoms. The third-order valence-electron chi connectivity index (χ3n) is 5.17. The van der Waals surface area contributed by atoms with Crippen LogP contribution < -0.4 is 15.4 Å². The van der Waals surface area contributed by atoms with E-state index in [1.807, 2.05) is 56.3 Å². The summed E-state index contributed by atoms with van der Waals surface area (Å²) in [6.45, 7) is 6.07. The van der Waals surface area contributed by atoms with E-state index in [2.05, 4.69) is 22.5 Å². The maximum absolute atomic E-state index is 12.5. The zero-order valence-electron chi connectivity index (χ0n) is 18.7. The third kappa shape index (κ3) is 5.56. The molecule has 4 rings (SSSR count). The van der Waals surface area contributed by atoms with Gasteiger partial charge in [-0.3, -0.25) is 10.1 Å². The van der Waals surface area contributed by atoms with Crippen LogP contribution in [0.3, 0.4) is 0 Å². The van der Waals surface area contributed by atoms with Crippen LogP contribution in [0.25, 0.3) is 22.6 Å². The number of amides is 1. The van der Waals surface area contributed by atoms with Gasteiger partial charge in [0.05, 0.1) is 6.10 Å². The van der Waals surface area contributed by atoms with Crippen molar-refractivity contribution < 1.29 is 13.9 Å². The largest absolute Gasteiger partial charge is 0.491 e. The van der Waals surface area contributed by atoms with Gasteiger partial charge in [-0.2, -0.15) is 0 Å². The van der Waals surface area contributed by atoms with Crippen molar-refractivity contribution in [2.75, 3.05) is 5.32 Å². The van der Waals surface area contributed by atoms with E-state index in [0.717, 1.165) is 34.4 Å². The van der Waals surface area contributed by atoms with Crippen LogP contribution in [-0.4, -0.2) is 22.1 Å². The van der Waals surface area contributed by atoms with Crippen LogP contribution in [0.4, 0.5) is 5.69 Å². The summed E-state index contributed by atoms with van der Waals surface area (Å²) in [5, 5.41) is 5.95. The van der Waals surface area contributed by atoms with Crippen molar-refractivity contribution in [1.29, 1.82) is 0 Å². The molecule has 1 amide bonds. The highest BCUT2D eigenvalue weighted by molar-refractivity contribution is 7.80. The van der Waals surface area contributed by atoms with Gasteiger partial charge < -0.3 is 14.5 Å². The molecule has 1 aromatic heterocycles. The highest BCUT2D eigenvalue weighted by Crippen LogP contribution is 2.26. The van der Waals surface area contributed by atoms with Crippen molar-refractivity contribution >= 4 is 40.0 Å². The maximum Gasteiger partial charge on any atom is 0.257 e. The van der Waals surface area contributed by atoms with E-state index >= 15 is 0 Å². The number of thiocarbonyl (C=S) groups is 1. The number of benzene rings is 3. The van der Waals surface area contributed by atoms with Gasteiger partial charge in [0.1, 0.15) is 11.3 Å². The average molecular weight is 460 g/mol. The Morgan fingerprint density at radius 2 is 1.91 bits per heavy atom. The summed E-state index contributed by atoms with van der Waals surface area (Å²) in [6.07, 6.45) is 1.03. The van der Waals surface area contributed by atoms with Crippen molar-refractivity contribution in [1.82, 2.24) is 10.3 Å². The number of carbonyl (C=O) groups is 1. The van der Waals surface area contributed by atoms with E-state index in [-0.39, 0.29) is 17.1 Å². The number of fused-ring (bicyclic) bond motifs is 1. The van der Waals surface area contributed by atoms with Gasteiger partial charge >= 0.3 is 0 Å². The van der Waals surface area contributed by atoms with Crippen molar-refractivity contribution in [3.8, 4) is 17.2 Å². The highest BCUT2D eigenvalue weighted by atomic mass is 32.1.